The van der Waals surface area contributed by atoms with Gasteiger partial charge in [0.2, 0.25) is 11.8 Å². The van der Waals surface area contributed by atoms with Crippen LogP contribution in [0.3, 0.4) is 0 Å². The summed E-state index contributed by atoms with van der Waals surface area (Å²) in [6.45, 7) is 3.06. The molecular weight excluding hydrogens is 354 g/mol. The van der Waals surface area contributed by atoms with Crippen LogP contribution in [0, 0.1) is 11.3 Å². The van der Waals surface area contributed by atoms with Crippen molar-refractivity contribution >= 4 is 23.4 Å². The van der Waals surface area contributed by atoms with Crippen LogP contribution in [0.5, 0.6) is 0 Å². The van der Waals surface area contributed by atoms with Crippen LogP contribution in [0.25, 0.3) is 0 Å². The molecule has 0 N–H and O–H groups in total. The van der Waals surface area contributed by atoms with Crippen molar-refractivity contribution < 1.29 is 14.4 Å². The first kappa shape index (κ1) is 19.3. The van der Waals surface area contributed by atoms with E-state index in [1.165, 1.54) is 4.90 Å². The zero-order valence-corrected chi connectivity index (χ0v) is 15.7. The minimum atomic E-state index is -0.211. The van der Waals surface area contributed by atoms with Gasteiger partial charge in [-0.1, -0.05) is 19.1 Å². The standard InChI is InChI=1S/C22H21N3O3/c1-2-13-24(15-17-5-3-16(14-23)4-6-17)22(28)18-7-9-19(10-8-18)25-20(26)11-12-21(25)27/h3-10H,2,11-13,15H2,1H3. The van der Waals surface area contributed by atoms with Gasteiger partial charge in [-0.05, 0) is 48.4 Å². The van der Waals surface area contributed by atoms with E-state index in [0.29, 0.717) is 29.9 Å². The zero-order chi connectivity index (χ0) is 20.1. The number of anilines is 1. The molecule has 28 heavy (non-hydrogen) atoms. The van der Waals surface area contributed by atoms with Gasteiger partial charge in [-0.2, -0.15) is 5.26 Å². The Bertz CT molecular complexity index is 911. The fourth-order valence-corrected chi connectivity index (χ4v) is 3.23. The molecule has 0 aliphatic carbocycles. The first-order chi connectivity index (χ1) is 13.5. The minimum Gasteiger partial charge on any atom is -0.334 e. The normalized spacial score (nSPS) is 13.5. The van der Waals surface area contributed by atoms with E-state index in [0.717, 1.165) is 12.0 Å². The van der Waals surface area contributed by atoms with Gasteiger partial charge in [-0.25, -0.2) is 0 Å². The fraction of sp³-hybridized carbons (Fsp3) is 0.273. The Morgan fingerprint density at radius 1 is 1.04 bits per heavy atom. The van der Waals surface area contributed by atoms with Crippen molar-refractivity contribution in [2.45, 2.75) is 32.7 Å². The third-order valence-electron chi connectivity index (χ3n) is 4.66. The van der Waals surface area contributed by atoms with Crippen LogP contribution in [0.4, 0.5) is 5.69 Å². The van der Waals surface area contributed by atoms with Gasteiger partial charge in [0.25, 0.3) is 5.91 Å². The smallest absolute Gasteiger partial charge is 0.254 e. The zero-order valence-electron chi connectivity index (χ0n) is 15.7. The van der Waals surface area contributed by atoms with E-state index in [1.807, 2.05) is 19.1 Å². The average Bonchev–Trinajstić information content (AvgIpc) is 3.06. The Kier molecular flexibility index (Phi) is 5.85. The van der Waals surface area contributed by atoms with Crippen LogP contribution in [-0.2, 0) is 16.1 Å². The van der Waals surface area contributed by atoms with Crippen LogP contribution in [0.1, 0.15) is 47.7 Å². The number of nitrogens with zero attached hydrogens (tertiary/aromatic N) is 3. The maximum atomic E-state index is 12.9. The molecule has 1 aliphatic heterocycles. The highest BCUT2D eigenvalue weighted by Crippen LogP contribution is 2.23. The lowest BCUT2D eigenvalue weighted by atomic mass is 10.1. The highest BCUT2D eigenvalue weighted by Gasteiger charge is 2.30. The number of carbonyl (C=O) groups is 3. The van der Waals surface area contributed by atoms with E-state index in [1.54, 1.807) is 41.3 Å². The molecule has 6 heteroatoms. The molecule has 0 saturated carbocycles. The van der Waals surface area contributed by atoms with Crippen LogP contribution in [0.2, 0.25) is 0 Å². The van der Waals surface area contributed by atoms with Crippen molar-refractivity contribution in [3.05, 3.63) is 65.2 Å². The molecule has 1 fully saturated rings. The van der Waals surface area contributed by atoms with E-state index in [2.05, 4.69) is 6.07 Å². The van der Waals surface area contributed by atoms with Gasteiger partial charge < -0.3 is 4.90 Å². The number of hydrogen-bond donors (Lipinski definition) is 0. The third kappa shape index (κ3) is 4.09. The van der Waals surface area contributed by atoms with E-state index in [-0.39, 0.29) is 30.6 Å². The Hall–Kier alpha value is -3.46. The molecule has 0 radical (unpaired) electrons. The lowest BCUT2D eigenvalue weighted by Crippen LogP contribution is -2.31. The maximum absolute atomic E-state index is 12.9. The Balaban J connectivity index is 1.76. The molecule has 2 aromatic rings. The molecule has 0 bridgehead atoms. The third-order valence-corrected chi connectivity index (χ3v) is 4.66. The maximum Gasteiger partial charge on any atom is 0.254 e. The molecule has 142 valence electrons. The first-order valence-corrected chi connectivity index (χ1v) is 9.27. The second-order valence-electron chi connectivity index (χ2n) is 6.71. The van der Waals surface area contributed by atoms with Gasteiger partial charge in [0.15, 0.2) is 0 Å². The summed E-state index contributed by atoms with van der Waals surface area (Å²) in [4.78, 5) is 39.6. The number of benzene rings is 2. The van der Waals surface area contributed by atoms with Crippen LogP contribution in [-0.4, -0.2) is 29.2 Å². The molecule has 1 aliphatic rings. The number of hydrogen-bond acceptors (Lipinski definition) is 4. The summed E-state index contributed by atoms with van der Waals surface area (Å²) in [7, 11) is 0. The van der Waals surface area contributed by atoms with Crippen LogP contribution in [0.15, 0.2) is 48.5 Å². The Morgan fingerprint density at radius 3 is 2.18 bits per heavy atom. The lowest BCUT2D eigenvalue weighted by Gasteiger charge is -2.23. The van der Waals surface area contributed by atoms with Crippen LogP contribution < -0.4 is 4.90 Å². The SMILES string of the molecule is CCCN(Cc1ccc(C#N)cc1)C(=O)c1ccc(N2C(=O)CCC2=O)cc1. The predicted molar refractivity (Wildman–Crippen MR) is 104 cm³/mol. The van der Waals surface area contributed by atoms with Crippen molar-refractivity contribution in [3.8, 4) is 6.07 Å². The van der Waals surface area contributed by atoms with Crippen molar-refractivity contribution in [2.24, 2.45) is 0 Å². The number of carbonyl (C=O) groups excluding carboxylic acids is 3. The summed E-state index contributed by atoms with van der Waals surface area (Å²) in [6, 6.07) is 15.8. The molecule has 0 spiro atoms. The van der Waals surface area contributed by atoms with Gasteiger partial charge in [0.05, 0.1) is 17.3 Å². The average molecular weight is 375 g/mol. The molecule has 3 rings (SSSR count). The first-order valence-electron chi connectivity index (χ1n) is 9.27. The molecule has 1 saturated heterocycles. The summed E-state index contributed by atoms with van der Waals surface area (Å²) in [5.74, 6) is -0.535. The van der Waals surface area contributed by atoms with E-state index < -0.39 is 0 Å². The lowest BCUT2D eigenvalue weighted by molar-refractivity contribution is -0.121. The summed E-state index contributed by atoms with van der Waals surface area (Å²) in [5.41, 5.74) is 2.53. The van der Waals surface area contributed by atoms with Crippen molar-refractivity contribution in [1.29, 1.82) is 5.26 Å². The van der Waals surface area contributed by atoms with Crippen molar-refractivity contribution in [3.63, 3.8) is 0 Å². The highest BCUT2D eigenvalue weighted by atomic mass is 16.2. The van der Waals surface area contributed by atoms with Gasteiger partial charge >= 0.3 is 0 Å². The molecule has 3 amide bonds. The quantitative estimate of drug-likeness (QED) is 0.726. The topological polar surface area (TPSA) is 81.5 Å². The molecular formula is C22H21N3O3. The van der Waals surface area contributed by atoms with Crippen LogP contribution >= 0.6 is 0 Å². The van der Waals surface area contributed by atoms with Gasteiger partial charge in [0, 0.05) is 31.5 Å². The Morgan fingerprint density at radius 2 is 1.64 bits per heavy atom. The van der Waals surface area contributed by atoms with E-state index in [4.69, 9.17) is 5.26 Å². The van der Waals surface area contributed by atoms with E-state index in [9.17, 15) is 14.4 Å². The molecule has 2 aromatic carbocycles. The Labute approximate surface area is 164 Å². The molecule has 0 unspecified atom stereocenters. The largest absolute Gasteiger partial charge is 0.334 e. The minimum absolute atomic E-state index is 0.114. The number of nitriles is 1. The summed E-state index contributed by atoms with van der Waals surface area (Å²) in [5, 5.41) is 8.91. The molecule has 1 heterocycles. The molecule has 0 atom stereocenters. The number of rotatable bonds is 6. The molecule has 0 aromatic heterocycles. The van der Waals surface area contributed by atoms with E-state index >= 15 is 0 Å². The van der Waals surface area contributed by atoms with Crippen molar-refractivity contribution in [2.75, 3.05) is 11.4 Å². The molecule has 6 nitrogen and oxygen atoms in total. The predicted octanol–water partition coefficient (Wildman–Crippen LogP) is 3.26. The second kappa shape index (κ2) is 8.49. The monoisotopic (exact) mass is 375 g/mol. The van der Waals surface area contributed by atoms with Crippen molar-refractivity contribution in [1.82, 2.24) is 4.90 Å². The summed E-state index contributed by atoms with van der Waals surface area (Å²) >= 11 is 0. The summed E-state index contributed by atoms with van der Waals surface area (Å²) < 4.78 is 0. The number of imide groups is 1. The van der Waals surface area contributed by atoms with Gasteiger partial charge in [-0.3, -0.25) is 19.3 Å². The second-order valence-corrected chi connectivity index (χ2v) is 6.71. The van der Waals surface area contributed by atoms with Gasteiger partial charge in [-0.15, -0.1) is 0 Å². The number of amides is 3. The van der Waals surface area contributed by atoms with Gasteiger partial charge in [0.1, 0.15) is 0 Å². The fourth-order valence-electron chi connectivity index (χ4n) is 3.23. The summed E-state index contributed by atoms with van der Waals surface area (Å²) in [6.07, 6.45) is 1.28. The highest BCUT2D eigenvalue weighted by molar-refractivity contribution is 6.19.